The molecule has 1 fully saturated rings. The maximum Gasteiger partial charge on any atom is 0.170 e. The molecule has 0 aromatic carbocycles. The summed E-state index contributed by atoms with van der Waals surface area (Å²) in [5, 5.41) is 3.49. The summed E-state index contributed by atoms with van der Waals surface area (Å²) >= 11 is 0. The molecule has 1 rings (SSSR count). The van der Waals surface area contributed by atoms with Crippen LogP contribution in [0.2, 0.25) is 0 Å². The Labute approximate surface area is 80.8 Å². The molecule has 0 bridgehead atoms. The van der Waals surface area contributed by atoms with Crippen molar-refractivity contribution in [2.24, 2.45) is 0 Å². The van der Waals surface area contributed by atoms with Gasteiger partial charge in [0.05, 0.1) is 13.2 Å². The van der Waals surface area contributed by atoms with E-state index in [1.807, 2.05) is 0 Å². The molecule has 1 saturated heterocycles. The molecule has 3 nitrogen and oxygen atoms in total. The standard InChI is InChI=1S/C10H21NO2/c1-4-10(3,5-2)11-8-9-12-6-7-13-9/h9,11H,4-8H2,1-3H3. The third kappa shape index (κ3) is 3.25. The van der Waals surface area contributed by atoms with E-state index < -0.39 is 0 Å². The first-order valence-electron chi connectivity index (χ1n) is 5.18. The Kier molecular flexibility index (Phi) is 4.16. The zero-order chi connectivity index (χ0) is 9.73. The average molecular weight is 187 g/mol. The van der Waals surface area contributed by atoms with Crippen molar-refractivity contribution in [2.45, 2.75) is 45.4 Å². The highest BCUT2D eigenvalue weighted by atomic mass is 16.7. The second-order valence-corrected chi connectivity index (χ2v) is 3.82. The molecular weight excluding hydrogens is 166 g/mol. The summed E-state index contributed by atoms with van der Waals surface area (Å²) in [5.41, 5.74) is 0.231. The summed E-state index contributed by atoms with van der Waals surface area (Å²) in [6.45, 7) is 8.92. The van der Waals surface area contributed by atoms with Gasteiger partial charge in [0.25, 0.3) is 0 Å². The van der Waals surface area contributed by atoms with Crippen LogP contribution in [0.4, 0.5) is 0 Å². The smallest absolute Gasteiger partial charge is 0.170 e. The molecule has 0 unspecified atom stereocenters. The summed E-state index contributed by atoms with van der Waals surface area (Å²) < 4.78 is 10.7. The predicted octanol–water partition coefficient (Wildman–Crippen LogP) is 1.53. The Morgan fingerprint density at radius 1 is 1.23 bits per heavy atom. The van der Waals surface area contributed by atoms with Gasteiger partial charge in [0.15, 0.2) is 6.29 Å². The van der Waals surface area contributed by atoms with Gasteiger partial charge in [-0.2, -0.15) is 0 Å². The minimum atomic E-state index is -0.0302. The molecule has 78 valence electrons. The van der Waals surface area contributed by atoms with E-state index in [2.05, 4.69) is 26.1 Å². The molecule has 0 aromatic rings. The first kappa shape index (κ1) is 11.0. The zero-order valence-electron chi connectivity index (χ0n) is 8.93. The number of ether oxygens (including phenoxy) is 2. The average Bonchev–Trinajstić information content (AvgIpc) is 2.67. The highest BCUT2D eigenvalue weighted by Crippen LogP contribution is 2.14. The molecule has 0 aliphatic carbocycles. The molecule has 0 atom stereocenters. The molecule has 0 aromatic heterocycles. The van der Waals surface area contributed by atoms with E-state index in [-0.39, 0.29) is 11.8 Å². The Morgan fingerprint density at radius 2 is 1.77 bits per heavy atom. The summed E-state index contributed by atoms with van der Waals surface area (Å²) in [7, 11) is 0. The largest absolute Gasteiger partial charge is 0.349 e. The number of hydrogen-bond donors (Lipinski definition) is 1. The van der Waals surface area contributed by atoms with Gasteiger partial charge in [0.2, 0.25) is 0 Å². The Morgan fingerprint density at radius 3 is 2.23 bits per heavy atom. The Bertz CT molecular complexity index is 140. The van der Waals surface area contributed by atoms with Crippen LogP contribution < -0.4 is 5.32 Å². The lowest BCUT2D eigenvalue weighted by atomic mass is 9.96. The summed E-state index contributed by atoms with van der Waals surface area (Å²) in [6, 6.07) is 0. The molecule has 1 N–H and O–H groups in total. The Hall–Kier alpha value is -0.120. The van der Waals surface area contributed by atoms with Gasteiger partial charge in [0, 0.05) is 12.1 Å². The first-order chi connectivity index (χ1) is 6.20. The highest BCUT2D eigenvalue weighted by Gasteiger charge is 2.22. The topological polar surface area (TPSA) is 30.5 Å². The van der Waals surface area contributed by atoms with E-state index in [9.17, 15) is 0 Å². The summed E-state index contributed by atoms with van der Waals surface area (Å²) in [4.78, 5) is 0. The molecule has 1 heterocycles. The summed E-state index contributed by atoms with van der Waals surface area (Å²) in [6.07, 6.45) is 2.24. The van der Waals surface area contributed by atoms with Crippen LogP contribution >= 0.6 is 0 Å². The summed E-state index contributed by atoms with van der Waals surface area (Å²) in [5.74, 6) is 0. The SMILES string of the molecule is CCC(C)(CC)NCC1OCCO1. The number of rotatable bonds is 5. The number of hydrogen-bond acceptors (Lipinski definition) is 3. The normalized spacial score (nSPS) is 19.6. The zero-order valence-corrected chi connectivity index (χ0v) is 8.93. The lowest BCUT2D eigenvalue weighted by Crippen LogP contribution is -2.45. The van der Waals surface area contributed by atoms with E-state index in [1.165, 1.54) is 0 Å². The molecule has 0 radical (unpaired) electrons. The van der Waals surface area contributed by atoms with Gasteiger partial charge in [-0.3, -0.25) is 0 Å². The van der Waals surface area contributed by atoms with Crippen LogP contribution in [0.3, 0.4) is 0 Å². The van der Waals surface area contributed by atoms with Crippen molar-refractivity contribution >= 4 is 0 Å². The van der Waals surface area contributed by atoms with Crippen LogP contribution in [-0.4, -0.2) is 31.6 Å². The van der Waals surface area contributed by atoms with Gasteiger partial charge in [-0.05, 0) is 19.8 Å². The second kappa shape index (κ2) is 4.94. The van der Waals surface area contributed by atoms with Crippen LogP contribution in [-0.2, 0) is 9.47 Å². The predicted molar refractivity (Wildman–Crippen MR) is 52.7 cm³/mol. The maximum atomic E-state index is 5.35. The second-order valence-electron chi connectivity index (χ2n) is 3.82. The van der Waals surface area contributed by atoms with E-state index in [0.717, 1.165) is 32.6 Å². The molecule has 0 spiro atoms. The molecule has 1 aliphatic heterocycles. The fourth-order valence-corrected chi connectivity index (χ4v) is 1.35. The monoisotopic (exact) mass is 187 g/mol. The van der Waals surface area contributed by atoms with Gasteiger partial charge in [-0.25, -0.2) is 0 Å². The number of nitrogens with one attached hydrogen (secondary N) is 1. The van der Waals surface area contributed by atoms with Crippen LogP contribution in [0.1, 0.15) is 33.6 Å². The van der Waals surface area contributed by atoms with E-state index in [1.54, 1.807) is 0 Å². The van der Waals surface area contributed by atoms with Crippen LogP contribution in [0.5, 0.6) is 0 Å². The lowest BCUT2D eigenvalue weighted by molar-refractivity contribution is -0.0436. The van der Waals surface area contributed by atoms with Crippen molar-refractivity contribution in [1.29, 1.82) is 0 Å². The fraction of sp³-hybridized carbons (Fsp3) is 1.00. The molecular formula is C10H21NO2. The van der Waals surface area contributed by atoms with Crippen LogP contribution in [0.15, 0.2) is 0 Å². The van der Waals surface area contributed by atoms with Crippen molar-refractivity contribution in [3.63, 3.8) is 0 Å². The quantitative estimate of drug-likeness (QED) is 0.708. The maximum absolute atomic E-state index is 5.35. The van der Waals surface area contributed by atoms with Gasteiger partial charge in [-0.15, -0.1) is 0 Å². The van der Waals surface area contributed by atoms with Crippen LogP contribution in [0, 0.1) is 0 Å². The van der Waals surface area contributed by atoms with Gasteiger partial charge in [-0.1, -0.05) is 13.8 Å². The van der Waals surface area contributed by atoms with Gasteiger partial charge in [0.1, 0.15) is 0 Å². The molecule has 0 saturated carbocycles. The van der Waals surface area contributed by atoms with Crippen molar-refractivity contribution in [1.82, 2.24) is 5.32 Å². The van der Waals surface area contributed by atoms with Gasteiger partial charge >= 0.3 is 0 Å². The minimum absolute atomic E-state index is 0.0302. The van der Waals surface area contributed by atoms with E-state index >= 15 is 0 Å². The van der Waals surface area contributed by atoms with Crippen molar-refractivity contribution in [3.05, 3.63) is 0 Å². The third-order valence-electron chi connectivity index (χ3n) is 2.95. The van der Waals surface area contributed by atoms with Crippen molar-refractivity contribution in [3.8, 4) is 0 Å². The molecule has 3 heteroatoms. The van der Waals surface area contributed by atoms with E-state index in [4.69, 9.17) is 9.47 Å². The van der Waals surface area contributed by atoms with Crippen molar-refractivity contribution in [2.75, 3.05) is 19.8 Å². The van der Waals surface area contributed by atoms with Gasteiger partial charge < -0.3 is 14.8 Å². The third-order valence-corrected chi connectivity index (χ3v) is 2.95. The Balaban J connectivity index is 2.22. The van der Waals surface area contributed by atoms with Crippen LogP contribution in [0.25, 0.3) is 0 Å². The van der Waals surface area contributed by atoms with E-state index in [0.29, 0.717) is 0 Å². The first-order valence-corrected chi connectivity index (χ1v) is 5.18. The highest BCUT2D eigenvalue weighted by molar-refractivity contribution is 4.80. The molecule has 0 amide bonds. The van der Waals surface area contributed by atoms with Crippen molar-refractivity contribution < 1.29 is 9.47 Å². The fourth-order valence-electron chi connectivity index (χ4n) is 1.35. The molecule has 1 aliphatic rings. The lowest BCUT2D eigenvalue weighted by Gasteiger charge is -2.29. The minimum Gasteiger partial charge on any atom is -0.349 e. The molecule has 13 heavy (non-hydrogen) atoms.